The Kier molecular flexibility index (Phi) is 4.81. The van der Waals surface area contributed by atoms with Crippen LogP contribution in [-0.4, -0.2) is 11.0 Å². The summed E-state index contributed by atoms with van der Waals surface area (Å²) in [5.41, 5.74) is 6.97. The molecule has 1 atom stereocenters. The molecule has 0 saturated heterocycles. The number of anilines is 1. The number of hydrogen-bond acceptors (Lipinski definition) is 3. The van der Waals surface area contributed by atoms with Crippen LogP contribution in [0.4, 0.5) is 5.69 Å². The molecule has 0 aliphatic carbocycles. The molecule has 0 aliphatic heterocycles. The Bertz CT molecular complexity index is 450. The molecule has 4 N–H and O–H groups in total. The Labute approximate surface area is 115 Å². The molecule has 4 nitrogen and oxygen atoms in total. The van der Waals surface area contributed by atoms with Gasteiger partial charge in [0.2, 0.25) is 5.91 Å². The molecule has 106 valence electrons. The van der Waals surface area contributed by atoms with Crippen LogP contribution >= 0.6 is 0 Å². The highest BCUT2D eigenvalue weighted by Crippen LogP contribution is 2.28. The Morgan fingerprint density at radius 1 is 1.42 bits per heavy atom. The van der Waals surface area contributed by atoms with Crippen molar-refractivity contribution in [3.8, 4) is 5.75 Å². The maximum atomic E-state index is 11.8. The minimum Gasteiger partial charge on any atom is -0.508 e. The van der Waals surface area contributed by atoms with Gasteiger partial charge in [-0.1, -0.05) is 27.7 Å². The Balaban J connectivity index is 2.53. The molecule has 0 spiro atoms. The lowest BCUT2D eigenvalue weighted by Gasteiger charge is -2.26. The third-order valence-corrected chi connectivity index (χ3v) is 3.55. The summed E-state index contributed by atoms with van der Waals surface area (Å²) >= 11 is 0. The van der Waals surface area contributed by atoms with Crippen molar-refractivity contribution in [1.29, 1.82) is 0 Å². The number of hydrogen-bond donors (Lipinski definition) is 3. The van der Waals surface area contributed by atoms with Gasteiger partial charge in [-0.25, -0.2) is 0 Å². The molecule has 0 radical (unpaired) electrons. The number of nitrogens with one attached hydrogen (secondary N) is 1. The molecule has 0 fully saturated rings. The molecule has 0 aromatic heterocycles. The average molecular weight is 264 g/mol. The van der Waals surface area contributed by atoms with Crippen LogP contribution in [0.3, 0.4) is 0 Å². The third kappa shape index (κ3) is 4.81. The van der Waals surface area contributed by atoms with E-state index in [1.807, 2.05) is 0 Å². The van der Waals surface area contributed by atoms with E-state index in [1.165, 1.54) is 6.07 Å². The highest BCUT2D eigenvalue weighted by atomic mass is 16.3. The van der Waals surface area contributed by atoms with E-state index in [0.717, 1.165) is 0 Å². The van der Waals surface area contributed by atoms with Crippen LogP contribution in [0.15, 0.2) is 18.2 Å². The van der Waals surface area contributed by atoms with Gasteiger partial charge in [0.25, 0.3) is 0 Å². The molecule has 0 saturated carbocycles. The van der Waals surface area contributed by atoms with E-state index < -0.39 is 0 Å². The summed E-state index contributed by atoms with van der Waals surface area (Å²) in [5.74, 6) is 0.435. The van der Waals surface area contributed by atoms with Gasteiger partial charge in [-0.3, -0.25) is 4.79 Å². The summed E-state index contributed by atoms with van der Waals surface area (Å²) in [7, 11) is 0. The van der Waals surface area contributed by atoms with Gasteiger partial charge in [-0.15, -0.1) is 0 Å². The maximum absolute atomic E-state index is 11.8. The van der Waals surface area contributed by atoms with Crippen molar-refractivity contribution >= 4 is 11.6 Å². The molecule has 1 aromatic rings. The van der Waals surface area contributed by atoms with Crippen molar-refractivity contribution in [3.05, 3.63) is 23.8 Å². The highest BCUT2D eigenvalue weighted by Gasteiger charge is 2.22. The highest BCUT2D eigenvalue weighted by molar-refractivity contribution is 5.76. The average Bonchev–Trinajstić information content (AvgIpc) is 2.29. The number of aromatic hydroxyl groups is 1. The van der Waals surface area contributed by atoms with E-state index in [2.05, 4.69) is 33.0 Å². The number of nitrogens with two attached hydrogens (primary N) is 1. The second kappa shape index (κ2) is 5.95. The summed E-state index contributed by atoms with van der Waals surface area (Å²) in [6.45, 7) is 8.72. The van der Waals surface area contributed by atoms with Gasteiger partial charge in [0, 0.05) is 24.2 Å². The van der Waals surface area contributed by atoms with Crippen molar-refractivity contribution in [2.24, 2.45) is 11.3 Å². The minimum absolute atomic E-state index is 0.00995. The summed E-state index contributed by atoms with van der Waals surface area (Å²) in [5, 5.41) is 12.5. The minimum atomic E-state index is -0.00995. The van der Waals surface area contributed by atoms with E-state index in [9.17, 15) is 9.90 Å². The van der Waals surface area contributed by atoms with Crippen molar-refractivity contribution < 1.29 is 9.90 Å². The number of nitrogen functional groups attached to an aromatic ring is 1. The summed E-state index contributed by atoms with van der Waals surface area (Å²) < 4.78 is 0. The van der Waals surface area contributed by atoms with Crippen LogP contribution in [0.5, 0.6) is 5.75 Å². The summed E-state index contributed by atoms with van der Waals surface area (Å²) in [6.07, 6.45) is 0.479. The summed E-state index contributed by atoms with van der Waals surface area (Å²) in [4.78, 5) is 11.8. The molecule has 1 aromatic carbocycles. The molecule has 19 heavy (non-hydrogen) atoms. The van der Waals surface area contributed by atoms with E-state index in [1.54, 1.807) is 12.1 Å². The lowest BCUT2D eigenvalue weighted by Crippen LogP contribution is -2.28. The first-order valence-corrected chi connectivity index (χ1v) is 6.54. The van der Waals surface area contributed by atoms with E-state index in [0.29, 0.717) is 30.1 Å². The fraction of sp³-hybridized carbons (Fsp3) is 0.533. The molecule has 4 heteroatoms. The van der Waals surface area contributed by atoms with Gasteiger partial charge >= 0.3 is 0 Å². The molecular formula is C15H24N2O2. The van der Waals surface area contributed by atoms with Crippen LogP contribution < -0.4 is 11.1 Å². The number of carbonyl (C=O) groups is 1. The normalized spacial score (nSPS) is 13.1. The number of benzene rings is 1. The Morgan fingerprint density at radius 2 is 2.05 bits per heavy atom. The van der Waals surface area contributed by atoms with Crippen LogP contribution in [0.25, 0.3) is 0 Å². The first-order valence-electron chi connectivity index (χ1n) is 6.54. The number of phenols is 1. The standard InChI is InChI=1S/C15H24N2O2/c1-10(15(2,3)4)7-14(19)17-9-11-8-12(16)5-6-13(11)18/h5-6,8,10,18H,7,9,16H2,1-4H3,(H,17,19). The van der Waals surface area contributed by atoms with Gasteiger partial charge in [-0.2, -0.15) is 0 Å². The maximum Gasteiger partial charge on any atom is 0.220 e. The van der Waals surface area contributed by atoms with Gasteiger partial charge in [0.1, 0.15) is 5.75 Å². The fourth-order valence-electron chi connectivity index (χ4n) is 1.60. The lowest BCUT2D eigenvalue weighted by atomic mass is 9.80. The first kappa shape index (κ1) is 15.3. The second-order valence-electron chi connectivity index (χ2n) is 6.14. The van der Waals surface area contributed by atoms with Crippen LogP contribution in [0, 0.1) is 11.3 Å². The van der Waals surface area contributed by atoms with Gasteiger partial charge in [-0.05, 0) is 29.5 Å². The van der Waals surface area contributed by atoms with Gasteiger partial charge in [0.05, 0.1) is 0 Å². The summed E-state index contributed by atoms with van der Waals surface area (Å²) in [6, 6.07) is 4.83. The third-order valence-electron chi connectivity index (χ3n) is 3.55. The molecule has 1 unspecified atom stereocenters. The SMILES string of the molecule is CC(CC(=O)NCc1cc(N)ccc1O)C(C)(C)C. The Hall–Kier alpha value is -1.71. The number of rotatable bonds is 4. The second-order valence-corrected chi connectivity index (χ2v) is 6.14. The molecular weight excluding hydrogens is 240 g/mol. The topological polar surface area (TPSA) is 75.4 Å². The molecule has 1 amide bonds. The Morgan fingerprint density at radius 3 is 2.63 bits per heavy atom. The number of amides is 1. The first-order chi connectivity index (χ1) is 8.70. The zero-order chi connectivity index (χ0) is 14.6. The molecule has 1 rings (SSSR count). The molecule has 0 heterocycles. The van der Waals surface area contributed by atoms with Crippen LogP contribution in [0.2, 0.25) is 0 Å². The molecule has 0 bridgehead atoms. The predicted molar refractivity (Wildman–Crippen MR) is 77.6 cm³/mol. The monoisotopic (exact) mass is 264 g/mol. The van der Waals surface area contributed by atoms with Gasteiger partial charge in [0.15, 0.2) is 0 Å². The lowest BCUT2D eigenvalue weighted by molar-refractivity contribution is -0.122. The zero-order valence-electron chi connectivity index (χ0n) is 12.2. The van der Waals surface area contributed by atoms with E-state index in [-0.39, 0.29) is 17.1 Å². The number of phenolic OH excluding ortho intramolecular Hbond substituents is 1. The van der Waals surface area contributed by atoms with Crippen molar-refractivity contribution in [3.63, 3.8) is 0 Å². The van der Waals surface area contributed by atoms with E-state index in [4.69, 9.17) is 5.73 Å². The smallest absolute Gasteiger partial charge is 0.220 e. The predicted octanol–water partition coefficient (Wildman–Crippen LogP) is 2.66. The van der Waals surface area contributed by atoms with Crippen LogP contribution in [-0.2, 0) is 11.3 Å². The quantitative estimate of drug-likeness (QED) is 0.578. The largest absolute Gasteiger partial charge is 0.508 e. The zero-order valence-corrected chi connectivity index (χ0v) is 12.2. The van der Waals surface area contributed by atoms with Crippen molar-refractivity contribution in [1.82, 2.24) is 5.32 Å². The van der Waals surface area contributed by atoms with Gasteiger partial charge < -0.3 is 16.2 Å². The van der Waals surface area contributed by atoms with E-state index >= 15 is 0 Å². The number of carbonyl (C=O) groups excluding carboxylic acids is 1. The van der Waals surface area contributed by atoms with Crippen molar-refractivity contribution in [2.75, 3.05) is 5.73 Å². The molecule has 0 aliphatic rings. The van der Waals surface area contributed by atoms with Crippen LogP contribution in [0.1, 0.15) is 39.7 Å². The van der Waals surface area contributed by atoms with Crippen molar-refractivity contribution in [2.45, 2.75) is 40.7 Å². The fourth-order valence-corrected chi connectivity index (χ4v) is 1.60.